The fraction of sp³-hybridized carbons (Fsp3) is 0.176. The van der Waals surface area contributed by atoms with Crippen LogP contribution in [-0.4, -0.2) is 18.4 Å². The highest BCUT2D eigenvalue weighted by Gasteiger charge is 2.12. The van der Waals surface area contributed by atoms with Crippen molar-refractivity contribution in [3.8, 4) is 0 Å². The van der Waals surface area contributed by atoms with E-state index in [1.54, 1.807) is 18.2 Å². The summed E-state index contributed by atoms with van der Waals surface area (Å²) < 4.78 is 0. The molecule has 120 valence electrons. The zero-order valence-electron chi connectivity index (χ0n) is 12.3. The van der Waals surface area contributed by atoms with E-state index in [9.17, 15) is 9.59 Å². The lowest BCUT2D eigenvalue weighted by Crippen LogP contribution is -2.40. The monoisotopic (exact) mass is 350 g/mol. The molecule has 0 radical (unpaired) electrons. The van der Waals surface area contributed by atoms with Crippen molar-refractivity contribution in [2.24, 2.45) is 0 Å². The summed E-state index contributed by atoms with van der Waals surface area (Å²) in [6.45, 7) is 0.634. The van der Waals surface area contributed by atoms with Crippen molar-refractivity contribution < 1.29 is 9.59 Å². The van der Waals surface area contributed by atoms with Crippen molar-refractivity contribution in [2.75, 3.05) is 6.54 Å². The smallest absolute Gasteiger partial charge is 0.309 e. The van der Waals surface area contributed by atoms with E-state index in [0.717, 1.165) is 11.1 Å². The summed E-state index contributed by atoms with van der Waals surface area (Å²) in [5.41, 5.74) is 1.79. The molecule has 2 amide bonds. The molecule has 0 atom stereocenters. The van der Waals surface area contributed by atoms with Crippen molar-refractivity contribution in [3.63, 3.8) is 0 Å². The molecule has 2 aromatic rings. The van der Waals surface area contributed by atoms with E-state index in [1.807, 2.05) is 30.3 Å². The Balaban J connectivity index is 1.74. The minimum Gasteiger partial charge on any atom is -0.348 e. The third kappa shape index (κ3) is 5.58. The number of hydrogen-bond acceptors (Lipinski definition) is 2. The van der Waals surface area contributed by atoms with Gasteiger partial charge in [0.2, 0.25) is 0 Å². The second-order valence-electron chi connectivity index (χ2n) is 4.91. The first kappa shape index (κ1) is 17.3. The van der Waals surface area contributed by atoms with Gasteiger partial charge in [0.05, 0.1) is 0 Å². The molecule has 0 unspecified atom stereocenters. The Labute approximate surface area is 144 Å². The average molecular weight is 351 g/mol. The van der Waals surface area contributed by atoms with Crippen LogP contribution in [0.5, 0.6) is 0 Å². The Morgan fingerprint density at radius 2 is 1.61 bits per heavy atom. The summed E-state index contributed by atoms with van der Waals surface area (Å²) in [5, 5.41) is 6.24. The van der Waals surface area contributed by atoms with Crippen LogP contribution in [0.3, 0.4) is 0 Å². The predicted octanol–water partition coefficient (Wildman–Crippen LogP) is 2.97. The van der Waals surface area contributed by atoms with Crippen LogP contribution in [0.4, 0.5) is 0 Å². The van der Waals surface area contributed by atoms with E-state index in [0.29, 0.717) is 29.6 Å². The third-order valence-electron chi connectivity index (χ3n) is 3.20. The molecule has 0 aromatic heterocycles. The highest BCUT2D eigenvalue weighted by Crippen LogP contribution is 2.20. The van der Waals surface area contributed by atoms with Crippen molar-refractivity contribution in [2.45, 2.75) is 13.0 Å². The van der Waals surface area contributed by atoms with Crippen LogP contribution < -0.4 is 10.6 Å². The maximum Gasteiger partial charge on any atom is 0.309 e. The molecule has 0 aliphatic rings. The molecule has 0 spiro atoms. The quantitative estimate of drug-likeness (QED) is 0.814. The number of hydrogen-bond donors (Lipinski definition) is 2. The van der Waals surface area contributed by atoms with Crippen LogP contribution in [0, 0.1) is 0 Å². The highest BCUT2D eigenvalue weighted by atomic mass is 35.5. The summed E-state index contributed by atoms with van der Waals surface area (Å²) in [6, 6.07) is 14.6. The Morgan fingerprint density at radius 1 is 0.913 bits per heavy atom. The first-order valence-electron chi connectivity index (χ1n) is 7.10. The van der Waals surface area contributed by atoms with Gasteiger partial charge in [0.25, 0.3) is 0 Å². The second kappa shape index (κ2) is 8.56. The molecule has 6 heteroatoms. The first-order valence-corrected chi connectivity index (χ1v) is 7.86. The van der Waals surface area contributed by atoms with Gasteiger partial charge in [-0.2, -0.15) is 0 Å². The van der Waals surface area contributed by atoms with Gasteiger partial charge >= 0.3 is 11.8 Å². The Morgan fingerprint density at radius 3 is 2.30 bits per heavy atom. The van der Waals surface area contributed by atoms with E-state index < -0.39 is 11.8 Å². The van der Waals surface area contributed by atoms with Gasteiger partial charge in [0.15, 0.2) is 0 Å². The summed E-state index contributed by atoms with van der Waals surface area (Å²) in [4.78, 5) is 23.4. The molecule has 0 bridgehead atoms. The van der Waals surface area contributed by atoms with Gasteiger partial charge in [-0.25, -0.2) is 0 Å². The van der Waals surface area contributed by atoms with E-state index in [-0.39, 0.29) is 0 Å². The van der Waals surface area contributed by atoms with Gasteiger partial charge < -0.3 is 10.6 Å². The fourth-order valence-corrected chi connectivity index (χ4v) is 2.48. The average Bonchev–Trinajstić information content (AvgIpc) is 2.55. The molecule has 0 aliphatic carbocycles. The van der Waals surface area contributed by atoms with Crippen LogP contribution >= 0.6 is 23.2 Å². The maximum atomic E-state index is 11.7. The number of nitrogens with one attached hydrogen (secondary N) is 2. The van der Waals surface area contributed by atoms with Gasteiger partial charge in [0, 0.05) is 23.1 Å². The Hall–Kier alpha value is -2.04. The molecule has 0 saturated heterocycles. The van der Waals surface area contributed by atoms with Gasteiger partial charge in [0.1, 0.15) is 0 Å². The van der Waals surface area contributed by atoms with Crippen molar-refractivity contribution in [3.05, 3.63) is 69.7 Å². The molecule has 2 N–H and O–H groups in total. The lowest BCUT2D eigenvalue weighted by Gasteiger charge is -2.08. The minimum absolute atomic E-state index is 0.316. The molecule has 2 aromatic carbocycles. The first-order chi connectivity index (χ1) is 11.1. The molecule has 0 fully saturated rings. The molecule has 2 rings (SSSR count). The molecule has 0 aliphatic heterocycles. The van der Waals surface area contributed by atoms with Gasteiger partial charge in [-0.05, 0) is 29.7 Å². The lowest BCUT2D eigenvalue weighted by molar-refractivity contribution is -0.139. The SMILES string of the molecule is O=C(NCCc1ccc(Cl)cc1Cl)C(=O)NCc1ccccc1. The van der Waals surface area contributed by atoms with Crippen molar-refractivity contribution in [1.29, 1.82) is 0 Å². The summed E-state index contributed by atoms with van der Waals surface area (Å²) >= 11 is 11.9. The molecular formula is C17H16Cl2N2O2. The van der Waals surface area contributed by atoms with Gasteiger partial charge in [-0.15, -0.1) is 0 Å². The fourth-order valence-electron chi connectivity index (χ4n) is 1.97. The minimum atomic E-state index is -0.661. The number of rotatable bonds is 5. The normalized spacial score (nSPS) is 10.2. The molecule has 23 heavy (non-hydrogen) atoms. The van der Waals surface area contributed by atoms with Gasteiger partial charge in [-0.1, -0.05) is 59.6 Å². The summed E-state index contributed by atoms with van der Waals surface area (Å²) in [5.74, 6) is -1.32. The van der Waals surface area contributed by atoms with Crippen LogP contribution in [-0.2, 0) is 22.6 Å². The number of benzene rings is 2. The van der Waals surface area contributed by atoms with E-state index >= 15 is 0 Å². The maximum absolute atomic E-state index is 11.7. The molecule has 0 heterocycles. The number of carbonyl (C=O) groups excluding carboxylic acids is 2. The Bertz CT molecular complexity index is 690. The largest absolute Gasteiger partial charge is 0.348 e. The van der Waals surface area contributed by atoms with E-state index in [2.05, 4.69) is 10.6 Å². The van der Waals surface area contributed by atoms with Crippen LogP contribution in [0.2, 0.25) is 10.0 Å². The zero-order valence-corrected chi connectivity index (χ0v) is 13.8. The molecular weight excluding hydrogens is 335 g/mol. The molecule has 0 saturated carbocycles. The topological polar surface area (TPSA) is 58.2 Å². The number of amides is 2. The third-order valence-corrected chi connectivity index (χ3v) is 3.78. The van der Waals surface area contributed by atoms with Crippen molar-refractivity contribution in [1.82, 2.24) is 10.6 Å². The second-order valence-corrected chi connectivity index (χ2v) is 5.75. The zero-order chi connectivity index (χ0) is 16.7. The van der Waals surface area contributed by atoms with Crippen LogP contribution in [0.1, 0.15) is 11.1 Å². The Kier molecular flexibility index (Phi) is 6.44. The number of carbonyl (C=O) groups is 2. The lowest BCUT2D eigenvalue weighted by atomic mass is 10.1. The van der Waals surface area contributed by atoms with Gasteiger partial charge in [-0.3, -0.25) is 9.59 Å². The van der Waals surface area contributed by atoms with E-state index in [4.69, 9.17) is 23.2 Å². The van der Waals surface area contributed by atoms with Crippen molar-refractivity contribution >= 4 is 35.0 Å². The highest BCUT2D eigenvalue weighted by molar-refractivity contribution is 6.35. The predicted molar refractivity (Wildman–Crippen MR) is 91.5 cm³/mol. The van der Waals surface area contributed by atoms with Crippen LogP contribution in [0.15, 0.2) is 48.5 Å². The van der Waals surface area contributed by atoms with E-state index in [1.165, 1.54) is 0 Å². The summed E-state index contributed by atoms with van der Waals surface area (Å²) in [7, 11) is 0. The van der Waals surface area contributed by atoms with Crippen LogP contribution in [0.25, 0.3) is 0 Å². The standard InChI is InChI=1S/C17H16Cl2N2O2/c18-14-7-6-13(15(19)10-14)8-9-20-16(22)17(23)21-11-12-4-2-1-3-5-12/h1-7,10H,8-9,11H2,(H,20,22)(H,21,23). The summed E-state index contributed by atoms with van der Waals surface area (Å²) in [6.07, 6.45) is 0.522. The number of halogens is 2. The molecule has 4 nitrogen and oxygen atoms in total.